The van der Waals surface area contributed by atoms with Crippen LogP contribution < -0.4 is 5.43 Å². The smallest absolute Gasteiger partial charge is 0.182 e. The van der Waals surface area contributed by atoms with Gasteiger partial charge in [-0.25, -0.2) is 17.5 Å². The molecule has 0 saturated heterocycles. The Labute approximate surface area is 163 Å². The first-order valence-corrected chi connectivity index (χ1v) is 10.3. The maximum absolute atomic E-state index is 13.4. The fraction of sp³-hybridized carbons (Fsp3) is 0.200. The molecule has 0 aliphatic carbocycles. The number of halogens is 1. The highest BCUT2D eigenvalue weighted by atomic mass is 32.2. The van der Waals surface area contributed by atoms with Crippen LogP contribution in [0.1, 0.15) is 25.0 Å². The molecular weight excluding hydrogens is 379 g/mol. The van der Waals surface area contributed by atoms with Gasteiger partial charge in [0.15, 0.2) is 9.84 Å². The van der Waals surface area contributed by atoms with Gasteiger partial charge >= 0.3 is 0 Å². The van der Waals surface area contributed by atoms with E-state index in [9.17, 15) is 12.8 Å². The van der Waals surface area contributed by atoms with E-state index < -0.39 is 15.1 Å². The molecule has 0 amide bonds. The van der Waals surface area contributed by atoms with Crippen LogP contribution in [0.2, 0.25) is 0 Å². The third-order valence-electron chi connectivity index (χ3n) is 4.29. The number of hydrogen-bond acceptors (Lipinski definition) is 5. The molecule has 0 aliphatic rings. The molecule has 0 aliphatic heterocycles. The first kappa shape index (κ1) is 19.8. The van der Waals surface area contributed by atoms with Crippen LogP contribution in [0.5, 0.6) is 0 Å². The lowest BCUT2D eigenvalue weighted by Crippen LogP contribution is -2.17. The average Bonchev–Trinajstić information content (AvgIpc) is 3.13. The van der Waals surface area contributed by atoms with Crippen molar-refractivity contribution in [3.05, 3.63) is 71.7 Å². The van der Waals surface area contributed by atoms with Crippen molar-refractivity contribution in [2.75, 3.05) is 5.43 Å². The predicted octanol–water partition coefficient (Wildman–Crippen LogP) is 3.95. The number of rotatable bonds is 6. The van der Waals surface area contributed by atoms with Gasteiger partial charge in [0.2, 0.25) is 0 Å². The van der Waals surface area contributed by atoms with Crippen molar-refractivity contribution < 1.29 is 12.8 Å². The van der Waals surface area contributed by atoms with E-state index in [1.165, 1.54) is 23.0 Å². The van der Waals surface area contributed by atoms with Crippen molar-refractivity contribution in [1.29, 1.82) is 0 Å². The monoisotopic (exact) mass is 400 g/mol. The van der Waals surface area contributed by atoms with Gasteiger partial charge in [-0.15, -0.1) is 0 Å². The molecule has 3 aromatic rings. The summed E-state index contributed by atoms with van der Waals surface area (Å²) in [7, 11) is -3.49. The Morgan fingerprint density at radius 2 is 1.93 bits per heavy atom. The molecule has 0 spiro atoms. The predicted molar refractivity (Wildman–Crippen MR) is 108 cm³/mol. The van der Waals surface area contributed by atoms with Gasteiger partial charge in [-0.05, 0) is 50.6 Å². The standard InChI is InChI=1S/C20H21FN4O2S/c1-14(2)28(26,27)19-7-5-4-6-18(19)25-20(10-11-23-25)24-22-13-16-12-17(21)9-8-15(16)3/h4-14,24H,1-3H3. The van der Waals surface area contributed by atoms with Crippen LogP contribution in [-0.4, -0.2) is 29.7 Å². The maximum Gasteiger partial charge on any atom is 0.182 e. The molecule has 0 bridgehead atoms. The molecule has 3 rings (SSSR count). The topological polar surface area (TPSA) is 76.3 Å². The molecule has 0 unspecified atom stereocenters. The quantitative estimate of drug-likeness (QED) is 0.502. The van der Waals surface area contributed by atoms with E-state index in [1.807, 2.05) is 6.92 Å². The van der Waals surface area contributed by atoms with Crippen LogP contribution in [0.4, 0.5) is 10.2 Å². The van der Waals surface area contributed by atoms with Crippen LogP contribution >= 0.6 is 0 Å². The summed E-state index contributed by atoms with van der Waals surface area (Å²) in [6.45, 7) is 5.14. The third kappa shape index (κ3) is 3.96. The van der Waals surface area contributed by atoms with E-state index in [4.69, 9.17) is 0 Å². The Hall–Kier alpha value is -3.00. The summed E-state index contributed by atoms with van der Waals surface area (Å²) in [5.41, 5.74) is 4.80. The lowest BCUT2D eigenvalue weighted by molar-refractivity contribution is 0.586. The Balaban J connectivity index is 1.94. The molecule has 1 heterocycles. The molecule has 2 aromatic carbocycles. The number of hydrogen-bond donors (Lipinski definition) is 1. The fourth-order valence-corrected chi connectivity index (χ4v) is 3.85. The minimum absolute atomic E-state index is 0.196. The van der Waals surface area contributed by atoms with Gasteiger partial charge in [0.25, 0.3) is 0 Å². The normalized spacial score (nSPS) is 12.0. The van der Waals surface area contributed by atoms with Crippen LogP contribution in [-0.2, 0) is 9.84 Å². The fourth-order valence-electron chi connectivity index (χ4n) is 2.63. The van der Waals surface area contributed by atoms with E-state index in [2.05, 4.69) is 15.6 Å². The Bertz CT molecular complexity index is 1120. The highest BCUT2D eigenvalue weighted by Gasteiger charge is 2.24. The van der Waals surface area contributed by atoms with Gasteiger partial charge in [-0.1, -0.05) is 18.2 Å². The highest BCUT2D eigenvalue weighted by Crippen LogP contribution is 2.25. The molecule has 0 saturated carbocycles. The summed E-state index contributed by atoms with van der Waals surface area (Å²) in [5, 5.41) is 7.82. The molecule has 28 heavy (non-hydrogen) atoms. The first-order chi connectivity index (χ1) is 13.3. The van der Waals surface area contributed by atoms with Crippen LogP contribution in [0.15, 0.2) is 64.7 Å². The number of anilines is 1. The van der Waals surface area contributed by atoms with E-state index >= 15 is 0 Å². The zero-order valence-electron chi connectivity index (χ0n) is 15.8. The number of aromatic nitrogens is 2. The number of nitrogens with zero attached hydrogens (tertiary/aromatic N) is 3. The number of nitrogens with one attached hydrogen (secondary N) is 1. The highest BCUT2D eigenvalue weighted by molar-refractivity contribution is 7.92. The Morgan fingerprint density at radius 3 is 2.68 bits per heavy atom. The first-order valence-electron chi connectivity index (χ1n) is 8.73. The zero-order chi connectivity index (χ0) is 20.3. The maximum atomic E-state index is 13.4. The minimum atomic E-state index is -3.49. The summed E-state index contributed by atoms with van der Waals surface area (Å²) >= 11 is 0. The second-order valence-corrected chi connectivity index (χ2v) is 9.03. The van der Waals surface area contributed by atoms with Crippen molar-refractivity contribution in [2.45, 2.75) is 30.9 Å². The molecule has 6 nitrogen and oxygen atoms in total. The summed E-state index contributed by atoms with van der Waals surface area (Å²) < 4.78 is 40.3. The number of benzene rings is 2. The van der Waals surface area contributed by atoms with Crippen LogP contribution in [0, 0.1) is 12.7 Å². The third-order valence-corrected chi connectivity index (χ3v) is 6.49. The Morgan fingerprint density at radius 1 is 1.18 bits per heavy atom. The zero-order valence-corrected chi connectivity index (χ0v) is 16.6. The number of aryl methyl sites for hydroxylation is 1. The molecule has 0 radical (unpaired) electrons. The van der Waals surface area contributed by atoms with E-state index in [0.717, 1.165) is 5.56 Å². The number of para-hydroxylation sites is 1. The lowest BCUT2D eigenvalue weighted by Gasteiger charge is -2.14. The van der Waals surface area contributed by atoms with E-state index in [1.54, 1.807) is 56.4 Å². The van der Waals surface area contributed by atoms with Crippen LogP contribution in [0.3, 0.4) is 0 Å². The molecule has 1 aromatic heterocycles. The second kappa shape index (κ2) is 7.93. The SMILES string of the molecule is Cc1ccc(F)cc1C=NNc1ccnn1-c1ccccc1S(=O)(=O)C(C)C. The Kier molecular flexibility index (Phi) is 5.60. The van der Waals surface area contributed by atoms with Crippen molar-refractivity contribution in [3.63, 3.8) is 0 Å². The minimum Gasteiger partial charge on any atom is -0.261 e. The summed E-state index contributed by atoms with van der Waals surface area (Å²) in [6.07, 6.45) is 3.05. The molecule has 146 valence electrons. The molecule has 1 N–H and O–H groups in total. The van der Waals surface area contributed by atoms with Crippen molar-refractivity contribution in [1.82, 2.24) is 9.78 Å². The number of sulfone groups is 1. The summed E-state index contributed by atoms with van der Waals surface area (Å²) in [5.74, 6) is 0.140. The largest absolute Gasteiger partial charge is 0.261 e. The van der Waals surface area contributed by atoms with Crippen molar-refractivity contribution in [3.8, 4) is 5.69 Å². The second-order valence-electron chi connectivity index (χ2n) is 6.56. The van der Waals surface area contributed by atoms with Gasteiger partial charge in [0.1, 0.15) is 11.6 Å². The molecule has 0 fully saturated rings. The lowest BCUT2D eigenvalue weighted by atomic mass is 10.1. The van der Waals surface area contributed by atoms with Crippen LogP contribution in [0.25, 0.3) is 5.69 Å². The van der Waals surface area contributed by atoms with Gasteiger partial charge in [-0.3, -0.25) is 5.43 Å². The van der Waals surface area contributed by atoms with Crippen molar-refractivity contribution >= 4 is 21.9 Å². The van der Waals surface area contributed by atoms with E-state index in [0.29, 0.717) is 17.1 Å². The van der Waals surface area contributed by atoms with Gasteiger partial charge in [0, 0.05) is 11.6 Å². The van der Waals surface area contributed by atoms with Gasteiger partial charge in [-0.2, -0.15) is 10.2 Å². The molecule has 0 atom stereocenters. The summed E-state index contributed by atoms with van der Waals surface area (Å²) in [6, 6.07) is 12.8. The van der Waals surface area contributed by atoms with Gasteiger partial charge in [0.05, 0.1) is 28.2 Å². The molecular formula is C20H21FN4O2S. The molecule has 8 heteroatoms. The van der Waals surface area contributed by atoms with Crippen molar-refractivity contribution in [2.24, 2.45) is 5.10 Å². The number of hydrazone groups is 1. The summed E-state index contributed by atoms with van der Waals surface area (Å²) in [4.78, 5) is 0.196. The average molecular weight is 400 g/mol. The van der Waals surface area contributed by atoms with E-state index in [-0.39, 0.29) is 10.7 Å². The van der Waals surface area contributed by atoms with Gasteiger partial charge < -0.3 is 0 Å².